The summed E-state index contributed by atoms with van der Waals surface area (Å²) >= 11 is 0. The number of nitrogens with one attached hydrogen (secondary N) is 6. The average Bonchev–Trinajstić information content (AvgIpc) is 3.66. The molecule has 27 heteroatoms. The molecule has 7 amide bonds. The van der Waals surface area contributed by atoms with E-state index in [-0.39, 0.29) is 51.2 Å². The third-order valence-electron chi connectivity index (χ3n) is 8.92. The molecule has 1 saturated heterocycles. The molecule has 7 atom stereocenters. The van der Waals surface area contributed by atoms with Crippen molar-refractivity contribution >= 4 is 71.2 Å². The number of carbonyl (C=O) groups is 11. The summed E-state index contributed by atoms with van der Waals surface area (Å²) < 4.78 is 0. The minimum atomic E-state index is -1.95. The van der Waals surface area contributed by atoms with E-state index in [0.717, 1.165) is 4.90 Å². The number of nitrogens with two attached hydrogens (primary N) is 3. The molecule has 27 nitrogen and oxygen atoms in total. The highest BCUT2D eigenvalue weighted by Gasteiger charge is 2.40. The van der Waals surface area contributed by atoms with Crippen molar-refractivity contribution in [2.45, 2.75) is 108 Å². The first-order chi connectivity index (χ1) is 28.5. The van der Waals surface area contributed by atoms with E-state index < -0.39 is 146 Å². The fourth-order valence-electron chi connectivity index (χ4n) is 5.76. The molecule has 0 radical (unpaired) electrons. The number of rotatable bonds is 27. The Morgan fingerprint density at radius 2 is 1.30 bits per heavy atom. The van der Waals surface area contributed by atoms with E-state index in [9.17, 15) is 73.2 Å². The number of hydrogen-bond donors (Lipinski definition) is 14. The maximum absolute atomic E-state index is 13.4. The predicted octanol–water partition coefficient (Wildman–Crippen LogP) is -6.55. The Balaban J connectivity index is 3.07. The third kappa shape index (κ3) is 18.9. The Hall–Kier alpha value is -6.64. The third-order valence-corrected chi connectivity index (χ3v) is 8.92. The second-order valence-electron chi connectivity index (χ2n) is 14.1. The van der Waals surface area contributed by atoms with Crippen LogP contribution in [0.3, 0.4) is 0 Å². The summed E-state index contributed by atoms with van der Waals surface area (Å²) in [6, 6.07) is -10.9. The van der Waals surface area contributed by atoms with Gasteiger partial charge in [-0.15, -0.1) is 0 Å². The summed E-state index contributed by atoms with van der Waals surface area (Å²) in [6.45, 7) is 0.933. The summed E-state index contributed by atoms with van der Waals surface area (Å²) in [5, 5.41) is 60.1. The lowest BCUT2D eigenvalue weighted by Gasteiger charge is -2.29. The Labute approximate surface area is 347 Å². The maximum Gasteiger partial charge on any atom is 0.326 e. The van der Waals surface area contributed by atoms with Crippen molar-refractivity contribution in [2.75, 3.05) is 26.2 Å². The smallest absolute Gasteiger partial charge is 0.326 e. The zero-order valence-electron chi connectivity index (χ0n) is 33.5. The number of amides is 7. The number of likely N-dealkylation sites (tertiary alicyclic amines) is 1. The highest BCUT2D eigenvalue weighted by atomic mass is 16.4. The topological polar surface area (TPSA) is 455 Å². The minimum Gasteiger partial charge on any atom is -0.481 e. The molecule has 0 aromatic rings. The van der Waals surface area contributed by atoms with Gasteiger partial charge in [0.05, 0.1) is 32.0 Å². The summed E-state index contributed by atoms with van der Waals surface area (Å²) in [7, 11) is 0. The molecule has 0 unspecified atom stereocenters. The van der Waals surface area contributed by atoms with Crippen LogP contribution in [-0.2, 0) is 52.7 Å². The van der Waals surface area contributed by atoms with Gasteiger partial charge in [-0.2, -0.15) is 0 Å². The molecule has 1 fully saturated rings. The highest BCUT2D eigenvalue weighted by Crippen LogP contribution is 2.20. The van der Waals surface area contributed by atoms with Crippen LogP contribution in [0.5, 0.6) is 0 Å². The van der Waals surface area contributed by atoms with Gasteiger partial charge in [-0.05, 0) is 38.0 Å². The molecule has 1 aliphatic rings. The van der Waals surface area contributed by atoms with Crippen LogP contribution in [-0.4, -0.2) is 170 Å². The zero-order valence-corrected chi connectivity index (χ0v) is 33.5. The van der Waals surface area contributed by atoms with Crippen LogP contribution in [0, 0.1) is 5.92 Å². The first kappa shape index (κ1) is 52.4. The SMILES string of the molecule is CC(C)[C@H](NC(=O)[C@@H]1CCCN1C(=O)[C@H](CC(=O)O)NC(=O)CNC(=O)[C@H](CC(=O)O)NC(=O)[C@H](CO)NC(=O)[C@H](CCCN=C(N)N)NC(=O)[C@@H](N)CCC(=O)O)C(=O)O. The lowest BCUT2D eigenvalue weighted by atomic mass is 10.0. The molecule has 61 heavy (non-hydrogen) atoms. The molecule has 0 aromatic heterocycles. The number of guanidine groups is 1. The maximum atomic E-state index is 13.4. The van der Waals surface area contributed by atoms with Gasteiger partial charge in [0, 0.05) is 19.5 Å². The molecule has 17 N–H and O–H groups in total. The van der Waals surface area contributed by atoms with Crippen LogP contribution in [0.25, 0.3) is 0 Å². The largest absolute Gasteiger partial charge is 0.481 e. The number of aliphatic hydroxyl groups excluding tert-OH is 1. The number of carbonyl (C=O) groups excluding carboxylic acids is 7. The van der Waals surface area contributed by atoms with Crippen LogP contribution in [0.2, 0.25) is 0 Å². The Morgan fingerprint density at radius 1 is 0.721 bits per heavy atom. The Kier molecular flexibility index (Phi) is 22.1. The zero-order chi connectivity index (χ0) is 46.6. The molecule has 0 aliphatic carbocycles. The van der Waals surface area contributed by atoms with E-state index in [2.05, 4.69) is 26.3 Å². The molecular weight excluding hydrogens is 818 g/mol. The van der Waals surface area contributed by atoms with Crippen molar-refractivity contribution < 1.29 is 78.3 Å². The standard InChI is InChI=1S/C34H55N11O16/c1-15(2)26(33(60)61)44-31(58)21-6-4-10-45(21)32(59)19(12-25(52)53)40-22(47)13-39-28(55)18(11-24(50)51)42-30(57)20(14-46)43-29(56)17(5-3-9-38-34(36)37)41-27(54)16(35)7-8-23(48)49/h15-21,26,46H,3-14,35H2,1-2H3,(H,39,55)(H,40,47)(H,41,54)(H,42,57)(H,43,56)(H,44,58)(H,48,49)(H,50,51)(H,52,53)(H,60,61)(H4,36,37,38)/t16-,17-,18-,19-,20-,21-,26-/m0/s1. The fourth-order valence-corrected chi connectivity index (χ4v) is 5.76. The van der Waals surface area contributed by atoms with E-state index in [1.165, 1.54) is 0 Å². The molecule has 1 heterocycles. The normalized spacial score (nSPS) is 16.3. The molecule has 0 bridgehead atoms. The van der Waals surface area contributed by atoms with E-state index >= 15 is 0 Å². The van der Waals surface area contributed by atoms with Gasteiger partial charge in [0.2, 0.25) is 41.4 Å². The molecule has 1 aliphatic heterocycles. The van der Waals surface area contributed by atoms with Gasteiger partial charge in [-0.1, -0.05) is 13.8 Å². The van der Waals surface area contributed by atoms with E-state index in [1.807, 2.05) is 10.6 Å². The monoisotopic (exact) mass is 873 g/mol. The number of aliphatic imine (C=N–C) groups is 1. The predicted molar refractivity (Wildman–Crippen MR) is 206 cm³/mol. The average molecular weight is 874 g/mol. The molecule has 342 valence electrons. The number of aliphatic hydroxyl groups is 1. The first-order valence-corrected chi connectivity index (χ1v) is 18.9. The Morgan fingerprint density at radius 3 is 1.84 bits per heavy atom. The van der Waals surface area contributed by atoms with Crippen LogP contribution in [0.4, 0.5) is 0 Å². The van der Waals surface area contributed by atoms with E-state index in [4.69, 9.17) is 22.3 Å². The summed E-state index contributed by atoms with van der Waals surface area (Å²) in [5.74, 6) is -14.1. The van der Waals surface area contributed by atoms with Gasteiger partial charge >= 0.3 is 23.9 Å². The number of carboxylic acids is 4. The quantitative estimate of drug-likeness (QED) is 0.0207. The minimum absolute atomic E-state index is 0.00970. The molecular formula is C34H55N11O16. The first-order valence-electron chi connectivity index (χ1n) is 18.9. The lowest BCUT2D eigenvalue weighted by molar-refractivity contribution is -0.147. The van der Waals surface area contributed by atoms with Gasteiger partial charge in [0.15, 0.2) is 5.96 Å². The number of hydrogen-bond acceptors (Lipinski definition) is 14. The van der Waals surface area contributed by atoms with Gasteiger partial charge in [0.1, 0.15) is 36.3 Å². The second kappa shape index (κ2) is 25.8. The molecule has 1 rings (SSSR count). The molecule has 0 spiro atoms. The van der Waals surface area contributed by atoms with Gasteiger partial charge in [-0.25, -0.2) is 4.79 Å². The van der Waals surface area contributed by atoms with E-state index in [1.54, 1.807) is 13.8 Å². The lowest BCUT2D eigenvalue weighted by Crippen LogP contribution is -2.59. The Bertz CT molecular complexity index is 1670. The van der Waals surface area contributed by atoms with Crippen molar-refractivity contribution in [3.8, 4) is 0 Å². The number of aliphatic carboxylic acids is 4. The summed E-state index contributed by atoms with van der Waals surface area (Å²) in [6.07, 6.45) is -2.53. The van der Waals surface area contributed by atoms with Gasteiger partial charge in [-0.3, -0.25) is 52.9 Å². The molecule has 0 saturated carbocycles. The van der Waals surface area contributed by atoms with Crippen molar-refractivity contribution in [2.24, 2.45) is 28.1 Å². The fraction of sp³-hybridized carbons (Fsp3) is 0.647. The van der Waals surface area contributed by atoms with Crippen LogP contribution in [0.15, 0.2) is 4.99 Å². The van der Waals surface area contributed by atoms with Crippen LogP contribution in [0.1, 0.15) is 65.2 Å². The second-order valence-corrected chi connectivity index (χ2v) is 14.1. The van der Waals surface area contributed by atoms with E-state index in [0.29, 0.717) is 0 Å². The van der Waals surface area contributed by atoms with Gasteiger partial charge in [0.25, 0.3) is 0 Å². The summed E-state index contributed by atoms with van der Waals surface area (Å²) in [4.78, 5) is 142. The van der Waals surface area contributed by atoms with Crippen molar-refractivity contribution in [1.29, 1.82) is 0 Å². The molecule has 0 aromatic carbocycles. The van der Waals surface area contributed by atoms with Crippen molar-refractivity contribution in [3.05, 3.63) is 0 Å². The number of nitrogens with zero attached hydrogens (tertiary/aromatic N) is 2. The highest BCUT2D eigenvalue weighted by molar-refractivity contribution is 5.98. The van der Waals surface area contributed by atoms with Crippen molar-refractivity contribution in [1.82, 2.24) is 36.8 Å². The summed E-state index contributed by atoms with van der Waals surface area (Å²) in [5.41, 5.74) is 16.3. The van der Waals surface area contributed by atoms with Crippen LogP contribution >= 0.6 is 0 Å². The van der Waals surface area contributed by atoms with Gasteiger partial charge < -0.3 is 79.5 Å². The van der Waals surface area contributed by atoms with Crippen molar-refractivity contribution in [3.63, 3.8) is 0 Å². The van der Waals surface area contributed by atoms with Crippen LogP contribution < -0.4 is 49.1 Å². The number of carboxylic acid groups (broad SMARTS) is 4.